The van der Waals surface area contributed by atoms with Crippen LogP contribution < -0.4 is 11.1 Å². The normalized spacial score (nSPS) is 10.3. The van der Waals surface area contributed by atoms with Gasteiger partial charge in [-0.2, -0.15) is 0 Å². The van der Waals surface area contributed by atoms with Gasteiger partial charge in [-0.05, 0) is 12.8 Å². The van der Waals surface area contributed by atoms with Crippen LogP contribution in [0.4, 0.5) is 5.13 Å². The summed E-state index contributed by atoms with van der Waals surface area (Å²) in [7, 11) is -3.07. The van der Waals surface area contributed by atoms with Gasteiger partial charge in [0.15, 0.2) is 5.13 Å². The van der Waals surface area contributed by atoms with Gasteiger partial charge in [0.2, 0.25) is 5.91 Å². The third kappa shape index (κ3) is 11.8. The summed E-state index contributed by atoms with van der Waals surface area (Å²) in [5.41, 5.74) is 6.41. The lowest BCUT2D eigenvalue weighted by atomic mass is 10.2. The van der Waals surface area contributed by atoms with Crippen LogP contribution in [-0.2, 0) is 25.8 Å². The van der Waals surface area contributed by atoms with Gasteiger partial charge in [0.1, 0.15) is 9.84 Å². The maximum atomic E-state index is 11.3. The Hall–Kier alpha value is -1.68. The minimum absolute atomic E-state index is 0.0164. The van der Waals surface area contributed by atoms with E-state index in [9.17, 15) is 13.2 Å². The molecule has 1 heterocycles. The molecule has 120 valence electrons. The molecule has 1 amide bonds. The average Bonchev–Trinajstić information content (AvgIpc) is 2.78. The second-order valence-corrected chi connectivity index (χ2v) is 7.27. The van der Waals surface area contributed by atoms with Gasteiger partial charge in [-0.15, -0.1) is 11.3 Å². The summed E-state index contributed by atoms with van der Waals surface area (Å²) in [6.45, 7) is 0.264. The van der Waals surface area contributed by atoms with Crippen LogP contribution in [0.25, 0.3) is 0 Å². The van der Waals surface area contributed by atoms with Gasteiger partial charge in [0.25, 0.3) is 6.47 Å². The van der Waals surface area contributed by atoms with E-state index in [1.54, 1.807) is 0 Å². The molecule has 0 unspecified atom stereocenters. The Kier molecular flexibility index (Phi) is 9.30. The fourth-order valence-corrected chi connectivity index (χ4v) is 2.45. The average molecular weight is 337 g/mol. The summed E-state index contributed by atoms with van der Waals surface area (Å²) in [6, 6.07) is 0. The second-order valence-electron chi connectivity index (χ2n) is 4.12. The summed E-state index contributed by atoms with van der Waals surface area (Å²) in [4.78, 5) is 23.8. The smallest absolute Gasteiger partial charge is 0.290 e. The molecule has 0 aliphatic rings. The van der Waals surface area contributed by atoms with E-state index in [0.717, 1.165) is 24.8 Å². The number of thiazole rings is 1. The molecule has 0 bridgehead atoms. The number of aryl methyl sites for hydroxylation is 1. The molecule has 1 rings (SSSR count). The minimum atomic E-state index is -3.07. The number of carbonyl (C=O) groups excluding carboxylic acids is 1. The number of nitrogens with one attached hydrogen (secondary N) is 1. The molecule has 21 heavy (non-hydrogen) atoms. The predicted molar refractivity (Wildman–Crippen MR) is 80.9 cm³/mol. The van der Waals surface area contributed by atoms with Crippen LogP contribution in [0.1, 0.15) is 18.5 Å². The lowest BCUT2D eigenvalue weighted by Crippen LogP contribution is -2.26. The number of rotatable bonds is 7. The molecule has 0 aromatic carbocycles. The van der Waals surface area contributed by atoms with E-state index in [4.69, 9.17) is 15.6 Å². The summed E-state index contributed by atoms with van der Waals surface area (Å²) < 4.78 is 21.7. The Morgan fingerprint density at radius 3 is 2.67 bits per heavy atom. The number of nitrogens with zero attached hydrogens (tertiary/aromatic N) is 1. The van der Waals surface area contributed by atoms with E-state index >= 15 is 0 Å². The van der Waals surface area contributed by atoms with Crippen molar-refractivity contribution in [2.45, 2.75) is 19.3 Å². The van der Waals surface area contributed by atoms with Crippen LogP contribution in [0.2, 0.25) is 0 Å². The van der Waals surface area contributed by atoms with Crippen molar-refractivity contribution in [3.8, 4) is 0 Å². The van der Waals surface area contributed by atoms with Crippen LogP contribution in [-0.4, -0.2) is 49.4 Å². The molecule has 8 nitrogen and oxygen atoms in total. The molecule has 0 aliphatic heterocycles. The first-order valence-electron chi connectivity index (χ1n) is 6.00. The highest BCUT2D eigenvalue weighted by atomic mass is 32.2. The molecule has 1 aromatic rings. The minimum Gasteiger partial charge on any atom is -0.483 e. The van der Waals surface area contributed by atoms with Gasteiger partial charge in [-0.25, -0.2) is 13.4 Å². The number of anilines is 1. The summed E-state index contributed by atoms with van der Waals surface area (Å²) >= 11 is 1.39. The largest absolute Gasteiger partial charge is 0.483 e. The van der Waals surface area contributed by atoms with Crippen molar-refractivity contribution >= 4 is 38.7 Å². The highest BCUT2D eigenvalue weighted by Crippen LogP contribution is 2.11. The predicted octanol–water partition coefficient (Wildman–Crippen LogP) is -0.0904. The third-order valence-electron chi connectivity index (χ3n) is 2.20. The van der Waals surface area contributed by atoms with Crippen LogP contribution >= 0.6 is 11.3 Å². The van der Waals surface area contributed by atoms with E-state index in [0.29, 0.717) is 11.7 Å². The van der Waals surface area contributed by atoms with Gasteiger partial charge in [0, 0.05) is 24.6 Å². The lowest BCUT2D eigenvalue weighted by molar-refractivity contribution is -0.123. The first-order valence-corrected chi connectivity index (χ1v) is 8.94. The number of sulfone groups is 1. The van der Waals surface area contributed by atoms with Gasteiger partial charge in [-0.1, -0.05) is 0 Å². The zero-order valence-corrected chi connectivity index (χ0v) is 13.2. The fraction of sp³-hybridized carbons (Fsp3) is 0.545. The van der Waals surface area contributed by atoms with Crippen LogP contribution in [0.15, 0.2) is 5.38 Å². The highest BCUT2D eigenvalue weighted by molar-refractivity contribution is 7.90. The van der Waals surface area contributed by atoms with E-state index in [1.807, 2.05) is 5.38 Å². The lowest BCUT2D eigenvalue weighted by Gasteiger charge is -2.03. The van der Waals surface area contributed by atoms with Crippen LogP contribution in [0.5, 0.6) is 0 Å². The molecule has 0 atom stereocenters. The number of nitrogen functional groups attached to an aromatic ring is 1. The van der Waals surface area contributed by atoms with Crippen molar-refractivity contribution in [2.24, 2.45) is 0 Å². The standard InChI is InChI=1S/C10H17N3O3S2.CH2O2/c1-18(15,16)6-4-9(14)12-5-2-3-8-7-17-10(11)13-8;2-1-3/h7H,2-6H2,1H3,(H2,11,13)(H,12,14);1H,(H,2,3). The molecule has 4 N–H and O–H groups in total. The number of amides is 1. The van der Waals surface area contributed by atoms with Crippen molar-refractivity contribution in [2.75, 3.05) is 24.3 Å². The fourth-order valence-electron chi connectivity index (χ4n) is 1.30. The molecule has 0 spiro atoms. The Balaban J connectivity index is 0.00000122. The number of aromatic nitrogens is 1. The Morgan fingerprint density at radius 1 is 1.57 bits per heavy atom. The number of carboxylic acid groups (broad SMARTS) is 1. The zero-order valence-electron chi connectivity index (χ0n) is 11.6. The molecule has 0 aliphatic carbocycles. The SMILES string of the molecule is CS(=O)(=O)CCC(=O)NCCCc1csc(N)n1.O=CO. The van der Waals surface area contributed by atoms with Crippen molar-refractivity contribution in [3.63, 3.8) is 0 Å². The topological polar surface area (TPSA) is 139 Å². The van der Waals surface area contributed by atoms with Crippen molar-refractivity contribution in [3.05, 3.63) is 11.1 Å². The first-order chi connectivity index (χ1) is 9.78. The molecule has 1 aromatic heterocycles. The maximum Gasteiger partial charge on any atom is 0.290 e. The van der Waals surface area contributed by atoms with E-state index in [2.05, 4.69) is 10.3 Å². The molecule has 0 radical (unpaired) electrons. The third-order valence-corrected chi connectivity index (χ3v) is 3.87. The molecule has 0 saturated carbocycles. The quantitative estimate of drug-likeness (QED) is 0.466. The maximum absolute atomic E-state index is 11.3. The number of hydrogen-bond donors (Lipinski definition) is 3. The number of carbonyl (C=O) groups is 2. The van der Waals surface area contributed by atoms with E-state index in [-0.39, 0.29) is 24.6 Å². The summed E-state index contributed by atoms with van der Waals surface area (Å²) in [5, 5.41) is 12.0. The van der Waals surface area contributed by atoms with Crippen molar-refractivity contribution < 1.29 is 23.1 Å². The highest BCUT2D eigenvalue weighted by Gasteiger charge is 2.07. The molecular weight excluding hydrogens is 318 g/mol. The zero-order chi connectivity index (χ0) is 16.3. The van der Waals surface area contributed by atoms with Crippen LogP contribution in [0, 0.1) is 0 Å². The molecule has 10 heteroatoms. The molecule has 0 saturated heterocycles. The first kappa shape index (κ1) is 19.3. The summed E-state index contributed by atoms with van der Waals surface area (Å²) in [5.74, 6) is -0.347. The van der Waals surface area contributed by atoms with E-state index < -0.39 is 9.84 Å². The Morgan fingerprint density at radius 2 is 2.19 bits per heavy atom. The molecule has 0 fully saturated rings. The summed E-state index contributed by atoms with van der Waals surface area (Å²) in [6.07, 6.45) is 2.64. The molecular formula is C11H19N3O5S2. The van der Waals surface area contributed by atoms with Crippen LogP contribution in [0.3, 0.4) is 0 Å². The Labute approximate surface area is 127 Å². The monoisotopic (exact) mass is 337 g/mol. The van der Waals surface area contributed by atoms with Gasteiger partial charge < -0.3 is 16.2 Å². The number of nitrogens with two attached hydrogens (primary N) is 1. The van der Waals surface area contributed by atoms with Gasteiger partial charge in [-0.3, -0.25) is 9.59 Å². The van der Waals surface area contributed by atoms with Gasteiger partial charge >= 0.3 is 0 Å². The van der Waals surface area contributed by atoms with Gasteiger partial charge in [0.05, 0.1) is 11.4 Å². The Bertz CT molecular complexity index is 542. The second kappa shape index (κ2) is 10.1. The van der Waals surface area contributed by atoms with Crippen molar-refractivity contribution in [1.82, 2.24) is 10.3 Å². The number of hydrogen-bond acceptors (Lipinski definition) is 7. The van der Waals surface area contributed by atoms with E-state index in [1.165, 1.54) is 11.3 Å². The van der Waals surface area contributed by atoms with Crippen molar-refractivity contribution in [1.29, 1.82) is 0 Å².